The van der Waals surface area contributed by atoms with Crippen LogP contribution < -0.4 is 16.8 Å². The first-order valence-corrected chi connectivity index (χ1v) is 6.27. The Kier molecular flexibility index (Phi) is 5.18. The van der Waals surface area contributed by atoms with Gasteiger partial charge >= 0.3 is 0 Å². The molecule has 0 saturated carbocycles. The maximum Gasteiger partial charge on any atom is 0.251 e. The van der Waals surface area contributed by atoms with E-state index in [0.717, 1.165) is 6.42 Å². The molecule has 0 fully saturated rings. The summed E-state index contributed by atoms with van der Waals surface area (Å²) >= 11 is 0. The van der Waals surface area contributed by atoms with Crippen molar-refractivity contribution in [3.05, 3.63) is 23.8 Å². The molecule has 1 aromatic rings. The van der Waals surface area contributed by atoms with Crippen molar-refractivity contribution in [1.82, 2.24) is 5.32 Å². The summed E-state index contributed by atoms with van der Waals surface area (Å²) in [6, 6.07) is 4.86. The number of ether oxygens (including phenoxy) is 1. The second kappa shape index (κ2) is 6.43. The highest BCUT2D eigenvalue weighted by atomic mass is 16.5. The molecule has 1 rings (SSSR count). The molecule has 0 spiro atoms. The average molecular weight is 265 g/mol. The number of nitrogens with one attached hydrogen (secondary N) is 1. The number of carbonyl (C=O) groups excluding carboxylic acids is 1. The van der Waals surface area contributed by atoms with Crippen molar-refractivity contribution in [2.75, 3.05) is 31.7 Å². The van der Waals surface area contributed by atoms with Crippen LogP contribution in [0, 0.1) is 5.41 Å². The minimum absolute atomic E-state index is 0.0163. The van der Waals surface area contributed by atoms with Crippen LogP contribution in [0.1, 0.15) is 30.6 Å². The van der Waals surface area contributed by atoms with Gasteiger partial charge in [0.1, 0.15) is 0 Å². The van der Waals surface area contributed by atoms with E-state index in [1.165, 1.54) is 0 Å². The van der Waals surface area contributed by atoms with E-state index in [2.05, 4.69) is 19.2 Å². The molecule has 0 aliphatic rings. The fraction of sp³-hybridized carbons (Fsp3) is 0.500. The van der Waals surface area contributed by atoms with Gasteiger partial charge in [0.15, 0.2) is 0 Å². The molecule has 5 N–H and O–H groups in total. The number of amides is 1. The van der Waals surface area contributed by atoms with Crippen LogP contribution in [0.5, 0.6) is 0 Å². The topological polar surface area (TPSA) is 90.4 Å². The number of nitrogen functional groups attached to an aromatic ring is 2. The zero-order chi connectivity index (χ0) is 14.5. The third kappa shape index (κ3) is 5.18. The molecular weight excluding hydrogens is 242 g/mol. The van der Waals surface area contributed by atoms with Gasteiger partial charge in [0.2, 0.25) is 0 Å². The van der Waals surface area contributed by atoms with Crippen LogP contribution >= 0.6 is 0 Å². The van der Waals surface area contributed by atoms with Crippen molar-refractivity contribution < 1.29 is 9.53 Å². The Hall–Kier alpha value is -1.75. The summed E-state index contributed by atoms with van der Waals surface area (Å²) in [6.45, 7) is 5.41. The van der Waals surface area contributed by atoms with Crippen molar-refractivity contribution >= 4 is 17.3 Å². The highest BCUT2D eigenvalue weighted by Crippen LogP contribution is 2.19. The molecule has 1 aromatic carbocycles. The fourth-order valence-electron chi connectivity index (χ4n) is 1.70. The summed E-state index contributed by atoms with van der Waals surface area (Å²) in [4.78, 5) is 12.0. The Labute approximate surface area is 114 Å². The molecule has 5 nitrogen and oxygen atoms in total. The third-order valence-corrected chi connectivity index (χ3v) is 2.95. The standard InChI is InChI=1S/C14H23N3O2/c1-14(2,4-5-19-3)9-17-13(18)10-6-11(15)8-12(16)7-10/h6-8H,4-5,9,15-16H2,1-3H3,(H,17,18). The summed E-state index contributed by atoms with van der Waals surface area (Å²) in [5.74, 6) is -0.163. The van der Waals surface area contributed by atoms with E-state index >= 15 is 0 Å². The number of methoxy groups -OCH3 is 1. The van der Waals surface area contributed by atoms with E-state index < -0.39 is 0 Å². The van der Waals surface area contributed by atoms with Gasteiger partial charge in [0.05, 0.1) is 0 Å². The van der Waals surface area contributed by atoms with Crippen LogP contribution in [0.15, 0.2) is 18.2 Å². The van der Waals surface area contributed by atoms with Gasteiger partial charge in [-0.3, -0.25) is 4.79 Å². The minimum atomic E-state index is -0.163. The smallest absolute Gasteiger partial charge is 0.251 e. The number of hydrogen-bond donors (Lipinski definition) is 3. The second-order valence-electron chi connectivity index (χ2n) is 5.48. The highest BCUT2D eigenvalue weighted by molar-refractivity contribution is 5.96. The summed E-state index contributed by atoms with van der Waals surface area (Å²) in [5.41, 5.74) is 12.8. The molecule has 5 heteroatoms. The van der Waals surface area contributed by atoms with Crippen molar-refractivity contribution in [3.63, 3.8) is 0 Å². The Morgan fingerprint density at radius 1 is 1.26 bits per heavy atom. The second-order valence-corrected chi connectivity index (χ2v) is 5.48. The largest absolute Gasteiger partial charge is 0.399 e. The van der Waals surface area contributed by atoms with Crippen LogP contribution in [0.4, 0.5) is 11.4 Å². The highest BCUT2D eigenvalue weighted by Gasteiger charge is 2.19. The third-order valence-electron chi connectivity index (χ3n) is 2.95. The number of benzene rings is 1. The number of carbonyl (C=O) groups is 1. The van der Waals surface area contributed by atoms with Crippen LogP contribution in [-0.2, 0) is 4.74 Å². The molecule has 1 amide bonds. The van der Waals surface area contributed by atoms with Crippen molar-refractivity contribution in [2.45, 2.75) is 20.3 Å². The first-order chi connectivity index (χ1) is 8.84. The van der Waals surface area contributed by atoms with Gasteiger partial charge in [0, 0.05) is 37.2 Å². The summed E-state index contributed by atoms with van der Waals surface area (Å²) in [6.07, 6.45) is 0.878. The fourth-order valence-corrected chi connectivity index (χ4v) is 1.70. The van der Waals surface area contributed by atoms with E-state index in [-0.39, 0.29) is 11.3 Å². The van der Waals surface area contributed by atoms with Crippen LogP contribution in [-0.4, -0.2) is 26.2 Å². The molecule has 106 valence electrons. The van der Waals surface area contributed by atoms with Crippen molar-refractivity contribution in [3.8, 4) is 0 Å². The Bertz CT molecular complexity index is 424. The van der Waals surface area contributed by atoms with Gasteiger partial charge in [-0.25, -0.2) is 0 Å². The number of hydrogen-bond acceptors (Lipinski definition) is 4. The quantitative estimate of drug-likeness (QED) is 0.682. The van der Waals surface area contributed by atoms with E-state index in [9.17, 15) is 4.79 Å². The lowest BCUT2D eigenvalue weighted by Crippen LogP contribution is -2.34. The molecule has 0 aromatic heterocycles. The monoisotopic (exact) mass is 265 g/mol. The maximum absolute atomic E-state index is 12.0. The molecule has 0 bridgehead atoms. The normalized spacial score (nSPS) is 11.3. The molecule has 19 heavy (non-hydrogen) atoms. The van der Waals surface area contributed by atoms with Gasteiger partial charge in [-0.1, -0.05) is 13.8 Å². The molecular formula is C14H23N3O2. The molecule has 0 radical (unpaired) electrons. The number of nitrogens with two attached hydrogens (primary N) is 2. The van der Waals surface area contributed by atoms with Crippen LogP contribution in [0.2, 0.25) is 0 Å². The van der Waals surface area contributed by atoms with E-state index in [1.807, 2.05) is 0 Å². The van der Waals surface area contributed by atoms with Gasteiger partial charge in [-0.2, -0.15) is 0 Å². The Balaban J connectivity index is 2.60. The predicted octanol–water partition coefficient (Wildman–Crippen LogP) is 1.64. The lowest BCUT2D eigenvalue weighted by molar-refractivity contribution is 0.0921. The maximum atomic E-state index is 12.0. The van der Waals surface area contributed by atoms with Gasteiger partial charge in [-0.15, -0.1) is 0 Å². The molecule has 0 unspecified atom stereocenters. The average Bonchev–Trinajstić information content (AvgIpc) is 2.32. The van der Waals surface area contributed by atoms with Gasteiger partial charge in [0.25, 0.3) is 5.91 Å². The molecule has 0 aliphatic heterocycles. The first kappa shape index (κ1) is 15.3. The summed E-state index contributed by atoms with van der Waals surface area (Å²) in [7, 11) is 1.67. The Morgan fingerprint density at radius 3 is 2.37 bits per heavy atom. The number of anilines is 2. The van der Waals surface area contributed by atoms with E-state index in [0.29, 0.717) is 30.1 Å². The first-order valence-electron chi connectivity index (χ1n) is 6.27. The summed E-state index contributed by atoms with van der Waals surface area (Å²) in [5, 5.41) is 2.90. The molecule has 0 heterocycles. The van der Waals surface area contributed by atoms with Crippen LogP contribution in [0.3, 0.4) is 0 Å². The lowest BCUT2D eigenvalue weighted by Gasteiger charge is -2.24. The van der Waals surface area contributed by atoms with Crippen LogP contribution in [0.25, 0.3) is 0 Å². The lowest BCUT2D eigenvalue weighted by atomic mass is 9.89. The molecule has 0 atom stereocenters. The van der Waals surface area contributed by atoms with Crippen molar-refractivity contribution in [2.24, 2.45) is 5.41 Å². The molecule has 0 aliphatic carbocycles. The summed E-state index contributed by atoms with van der Waals surface area (Å²) < 4.78 is 5.05. The zero-order valence-electron chi connectivity index (χ0n) is 11.8. The van der Waals surface area contributed by atoms with E-state index in [1.54, 1.807) is 25.3 Å². The zero-order valence-corrected chi connectivity index (χ0v) is 11.8. The van der Waals surface area contributed by atoms with Gasteiger partial charge in [-0.05, 0) is 30.0 Å². The minimum Gasteiger partial charge on any atom is -0.399 e. The Morgan fingerprint density at radius 2 is 1.84 bits per heavy atom. The van der Waals surface area contributed by atoms with Gasteiger partial charge < -0.3 is 21.5 Å². The number of rotatable bonds is 6. The predicted molar refractivity (Wildman–Crippen MR) is 77.9 cm³/mol. The van der Waals surface area contributed by atoms with Crippen molar-refractivity contribution in [1.29, 1.82) is 0 Å². The SMILES string of the molecule is COCCC(C)(C)CNC(=O)c1cc(N)cc(N)c1. The molecule has 0 saturated heterocycles. The van der Waals surface area contributed by atoms with E-state index in [4.69, 9.17) is 16.2 Å².